The second kappa shape index (κ2) is 8.63. The van der Waals surface area contributed by atoms with Crippen LogP contribution in [0.1, 0.15) is 52.6 Å². The lowest BCUT2D eigenvalue weighted by molar-refractivity contribution is -0.119. The molecule has 2 rings (SSSR count). The van der Waals surface area contributed by atoms with Gasteiger partial charge in [-0.25, -0.2) is 4.98 Å². The van der Waals surface area contributed by atoms with Crippen LogP contribution in [-0.4, -0.2) is 22.4 Å². The number of benzene rings is 1. The number of pyridine rings is 1. The predicted molar refractivity (Wildman–Crippen MR) is 102 cm³/mol. The number of nitrogens with one attached hydrogen (secondary N) is 1. The lowest BCUT2D eigenvalue weighted by Crippen LogP contribution is -2.28. The summed E-state index contributed by atoms with van der Waals surface area (Å²) in [6.07, 6.45) is 0. The molecule has 0 fully saturated rings. The molecule has 1 unspecified atom stereocenters. The van der Waals surface area contributed by atoms with Crippen molar-refractivity contribution in [3.05, 3.63) is 58.3 Å². The second-order valence-corrected chi connectivity index (χ2v) is 7.04. The third-order valence-corrected chi connectivity index (χ3v) is 5.04. The van der Waals surface area contributed by atoms with Crippen molar-refractivity contribution in [2.75, 3.05) is 5.75 Å². The molecule has 0 saturated heterocycles. The van der Waals surface area contributed by atoms with Gasteiger partial charge in [-0.15, -0.1) is 0 Å². The molecule has 1 aromatic carbocycles. The minimum absolute atomic E-state index is 0.102. The Morgan fingerprint density at radius 3 is 2.62 bits per heavy atom. The number of nitrogens with zero attached hydrogens (tertiary/aromatic N) is 2. The number of aromatic nitrogens is 1. The lowest BCUT2D eigenvalue weighted by Gasteiger charge is -2.16. The van der Waals surface area contributed by atoms with Gasteiger partial charge in [-0.2, -0.15) is 5.26 Å². The van der Waals surface area contributed by atoms with Crippen LogP contribution in [0.4, 0.5) is 0 Å². The van der Waals surface area contributed by atoms with Crippen LogP contribution in [0.3, 0.4) is 0 Å². The number of aryl methyl sites for hydroxylation is 2. The molecule has 6 heteroatoms. The summed E-state index contributed by atoms with van der Waals surface area (Å²) in [7, 11) is 0. The van der Waals surface area contributed by atoms with E-state index >= 15 is 0 Å². The van der Waals surface area contributed by atoms with Crippen LogP contribution in [0.15, 0.2) is 35.4 Å². The Kier molecular flexibility index (Phi) is 6.53. The molecule has 0 spiro atoms. The minimum atomic E-state index is -0.134. The second-order valence-electron chi connectivity index (χ2n) is 6.08. The van der Waals surface area contributed by atoms with Crippen molar-refractivity contribution < 1.29 is 9.59 Å². The molecule has 5 nitrogen and oxygen atoms in total. The number of amides is 1. The molecule has 26 heavy (non-hydrogen) atoms. The van der Waals surface area contributed by atoms with E-state index in [2.05, 4.69) is 10.3 Å². The third-order valence-electron chi connectivity index (χ3n) is 4.05. The number of Topliss-reactive ketones (excluding diaryl/α,β-unsaturated/α-hetero) is 1. The van der Waals surface area contributed by atoms with Gasteiger partial charge in [0.1, 0.15) is 11.1 Å². The van der Waals surface area contributed by atoms with E-state index < -0.39 is 0 Å². The van der Waals surface area contributed by atoms with Gasteiger partial charge in [0.05, 0.1) is 17.4 Å². The molecule has 0 radical (unpaired) electrons. The van der Waals surface area contributed by atoms with Crippen LogP contribution in [-0.2, 0) is 4.79 Å². The highest BCUT2D eigenvalue weighted by molar-refractivity contribution is 8.00. The lowest BCUT2D eigenvalue weighted by atomic mass is 10.0. The molecular formula is C20H21N3O2S. The molecule has 0 saturated carbocycles. The van der Waals surface area contributed by atoms with E-state index in [9.17, 15) is 14.9 Å². The smallest absolute Gasteiger partial charge is 0.230 e. The van der Waals surface area contributed by atoms with Crippen LogP contribution in [0.25, 0.3) is 0 Å². The highest BCUT2D eigenvalue weighted by Gasteiger charge is 2.15. The van der Waals surface area contributed by atoms with Gasteiger partial charge in [0, 0.05) is 11.3 Å². The summed E-state index contributed by atoms with van der Waals surface area (Å²) in [4.78, 5) is 28.2. The summed E-state index contributed by atoms with van der Waals surface area (Å²) < 4.78 is 0. The Morgan fingerprint density at radius 2 is 2.00 bits per heavy atom. The molecule has 1 heterocycles. The Bertz CT molecular complexity index is 887. The number of carbonyl (C=O) groups excluding carboxylic acids is 2. The molecule has 0 bridgehead atoms. The number of hydrogen-bond acceptors (Lipinski definition) is 5. The maximum atomic E-state index is 12.3. The van der Waals surface area contributed by atoms with Crippen molar-refractivity contribution >= 4 is 23.5 Å². The molecule has 1 atom stereocenters. The van der Waals surface area contributed by atoms with Crippen molar-refractivity contribution in [3.8, 4) is 6.07 Å². The third kappa shape index (κ3) is 4.70. The Labute approximate surface area is 157 Å². The SMILES string of the molecule is CC(=O)c1cc(C#N)c(SCC(=O)NC(C)c2ccccc2C)nc1C. The molecular weight excluding hydrogens is 346 g/mol. The van der Waals surface area contributed by atoms with Crippen molar-refractivity contribution in [1.82, 2.24) is 10.3 Å². The standard InChI is InChI=1S/C20H21N3O2S/c1-12-7-5-6-8-17(12)13(2)22-19(25)11-26-20-16(10-21)9-18(15(4)24)14(3)23-20/h5-9,13H,11H2,1-4H3,(H,22,25). The van der Waals surface area contributed by atoms with Gasteiger partial charge in [0.25, 0.3) is 0 Å². The fourth-order valence-corrected chi connectivity index (χ4v) is 3.51. The normalized spacial score (nSPS) is 11.5. The minimum Gasteiger partial charge on any atom is -0.349 e. The van der Waals surface area contributed by atoms with Crippen molar-refractivity contribution in [2.24, 2.45) is 0 Å². The van der Waals surface area contributed by atoms with E-state index in [-0.39, 0.29) is 23.5 Å². The van der Waals surface area contributed by atoms with Crippen molar-refractivity contribution in [3.63, 3.8) is 0 Å². The van der Waals surface area contributed by atoms with Crippen LogP contribution in [0.5, 0.6) is 0 Å². The highest BCUT2D eigenvalue weighted by atomic mass is 32.2. The molecule has 134 valence electrons. The zero-order valence-corrected chi connectivity index (χ0v) is 16.1. The summed E-state index contributed by atoms with van der Waals surface area (Å²) in [6.45, 7) is 7.12. The summed E-state index contributed by atoms with van der Waals surface area (Å²) in [5.74, 6) is -0.117. The van der Waals surface area contributed by atoms with Gasteiger partial charge >= 0.3 is 0 Å². The topological polar surface area (TPSA) is 82.8 Å². The first-order valence-electron chi connectivity index (χ1n) is 8.23. The molecule has 1 amide bonds. The average Bonchev–Trinajstić information content (AvgIpc) is 2.59. The largest absolute Gasteiger partial charge is 0.349 e. The quantitative estimate of drug-likeness (QED) is 0.621. The van der Waals surface area contributed by atoms with Gasteiger partial charge < -0.3 is 5.32 Å². The number of nitriles is 1. The van der Waals surface area contributed by atoms with Gasteiger partial charge in [-0.1, -0.05) is 36.0 Å². The zero-order valence-electron chi connectivity index (χ0n) is 15.3. The van der Waals surface area contributed by atoms with Crippen molar-refractivity contribution in [1.29, 1.82) is 5.26 Å². The first kappa shape index (κ1) is 19.7. The van der Waals surface area contributed by atoms with Gasteiger partial charge in [0.15, 0.2) is 5.78 Å². The molecule has 1 aromatic heterocycles. The van der Waals surface area contributed by atoms with Crippen LogP contribution in [0.2, 0.25) is 0 Å². The van der Waals surface area contributed by atoms with E-state index in [1.54, 1.807) is 13.0 Å². The Hall–Kier alpha value is -2.65. The average molecular weight is 367 g/mol. The summed E-state index contributed by atoms with van der Waals surface area (Å²) in [5, 5.41) is 12.7. The van der Waals surface area contributed by atoms with E-state index in [4.69, 9.17) is 0 Å². The maximum Gasteiger partial charge on any atom is 0.230 e. The van der Waals surface area contributed by atoms with E-state index in [1.165, 1.54) is 18.7 Å². The summed E-state index contributed by atoms with van der Waals surface area (Å²) in [6, 6.07) is 11.4. The monoisotopic (exact) mass is 367 g/mol. The van der Waals surface area contributed by atoms with Gasteiger partial charge in [-0.05, 0) is 44.9 Å². The highest BCUT2D eigenvalue weighted by Crippen LogP contribution is 2.23. The molecule has 0 aliphatic carbocycles. The van der Waals surface area contributed by atoms with E-state index in [1.807, 2.05) is 44.2 Å². The van der Waals surface area contributed by atoms with Gasteiger partial charge in [-0.3, -0.25) is 9.59 Å². The molecule has 0 aliphatic heterocycles. The first-order valence-corrected chi connectivity index (χ1v) is 9.22. The number of carbonyl (C=O) groups is 2. The zero-order chi connectivity index (χ0) is 19.3. The number of rotatable bonds is 6. The fraction of sp³-hybridized carbons (Fsp3) is 0.300. The van der Waals surface area contributed by atoms with E-state index in [0.717, 1.165) is 11.1 Å². The van der Waals surface area contributed by atoms with Crippen molar-refractivity contribution in [2.45, 2.75) is 38.8 Å². The molecule has 1 N–H and O–H groups in total. The maximum absolute atomic E-state index is 12.3. The van der Waals surface area contributed by atoms with Crippen LogP contribution >= 0.6 is 11.8 Å². The Balaban J connectivity index is 2.06. The number of ketones is 1. The van der Waals surface area contributed by atoms with Gasteiger partial charge in [0.2, 0.25) is 5.91 Å². The Morgan fingerprint density at radius 1 is 1.31 bits per heavy atom. The molecule has 2 aromatic rings. The fourth-order valence-electron chi connectivity index (χ4n) is 2.70. The molecule has 0 aliphatic rings. The number of thioether (sulfide) groups is 1. The van der Waals surface area contributed by atoms with E-state index in [0.29, 0.717) is 21.8 Å². The summed E-state index contributed by atoms with van der Waals surface area (Å²) in [5.41, 5.74) is 3.50. The first-order chi connectivity index (χ1) is 12.3. The van der Waals surface area contributed by atoms with Crippen LogP contribution in [0, 0.1) is 25.2 Å². The summed E-state index contributed by atoms with van der Waals surface area (Å²) >= 11 is 1.20. The number of hydrogen-bond donors (Lipinski definition) is 1. The van der Waals surface area contributed by atoms with Crippen LogP contribution < -0.4 is 5.32 Å². The predicted octanol–water partition coefficient (Wildman–Crippen LogP) is 3.74.